The minimum absolute atomic E-state index is 0. The van der Waals surface area contributed by atoms with Gasteiger partial charge in [0.25, 0.3) is 0 Å². The van der Waals surface area contributed by atoms with Crippen LogP contribution in [0.15, 0.2) is 328 Å². The fourth-order valence-corrected chi connectivity index (χ4v) is 11.7. The van der Waals surface area contributed by atoms with E-state index in [0.717, 1.165) is 87.7 Å². The molecule has 12 aromatic rings. The standard InChI is InChI=1S/6C21H25N.6CH4/c6*1-21(2,3)15-8-5-9-16-22(4)17-19-13-10-12-18-11-6-7-14-20(18)19;;;;;;/h6*5-7,9-14H,16-17H2,1-4H3;6*1H4/b6*9-5+;;;;;;/i4D3,9D,16D2,17D2;4D3,5D,16D2,17D2;9D,16D2,17D2;5D,16D2,17D2;4D3,5D,16D2;5D,16D2;;;;;;. The Morgan fingerprint density at radius 2 is 0.420 bits per heavy atom. The monoisotopic (exact) mass is 1880 g/mol. The number of fused-ring (bicyclic) bond motifs is 6. The Kier molecular flexibility index (Phi) is 34.7. The van der Waals surface area contributed by atoms with Crippen molar-refractivity contribution in [2.45, 2.75) is 208 Å². The van der Waals surface area contributed by atoms with Crippen LogP contribution in [0.4, 0.5) is 0 Å². The molecular weight excluding hydrogens is 1670 g/mol. The predicted molar refractivity (Wildman–Crippen MR) is 620 cm³/mol. The molecule has 0 aliphatic rings. The average molecular weight is 1880 g/mol. The number of allylic oxidation sites excluding steroid dienone is 6. The molecule has 0 radical (unpaired) electrons. The van der Waals surface area contributed by atoms with Gasteiger partial charge in [0.2, 0.25) is 0 Å². The SMILES string of the molecule is C.C.C.C.C.C.[2H]/C(=C\C#CC(C)(C)C)C([2H])([2H])N(C([2H])([2H])[2H])C([2H])([2H])c1cccc2ccccc12.[2H]/C(=C\C#CC(C)(C)C)C([2H])([2H])N(C)C([2H])([2H])c1cccc2ccccc12.[2H]/C(C#CC(C)(C)C)=C\C([2H])([2H])N(C([2H])([2H])[2H])C([2H])([2H])c1cccc2ccccc12.[2H]/C(C#CC(C)(C)C)=C\C([2H])([2H])N(C)C([2H])([2H])c1cccc2ccccc12.[2H]/C(C#CC(C)(C)C)=C\C([2H])([2H])N(C)Cc1cccc2ccccc12.[2H]/C(C#CC(C)(C)C)=C\C([2H])([2H])N(Cc1cccc2ccccc12)C([2H])([2H])[2H]. The number of hydrogen-bond acceptors (Lipinski definition) is 6. The highest BCUT2D eigenvalue weighted by molar-refractivity contribution is 5.89. The molecule has 0 aliphatic carbocycles. The van der Waals surface area contributed by atoms with E-state index in [4.69, 9.17) is 48.0 Å². The van der Waals surface area contributed by atoms with Crippen LogP contribution < -0.4 is 0 Å². The van der Waals surface area contributed by atoms with Crippen LogP contribution >= 0.6 is 0 Å². The zero-order valence-corrected chi connectivity index (χ0v) is 80.3. The lowest BCUT2D eigenvalue weighted by Crippen LogP contribution is -2.17. The number of benzene rings is 12. The third-order valence-corrected chi connectivity index (χ3v) is 17.6. The molecule has 0 amide bonds. The van der Waals surface area contributed by atoms with Crippen molar-refractivity contribution in [1.82, 2.24) is 29.4 Å². The number of likely N-dealkylation sites (N-methyl/N-ethyl adjacent to an activating group) is 6. The van der Waals surface area contributed by atoms with Crippen molar-refractivity contribution in [3.63, 3.8) is 0 Å². The first-order valence-corrected chi connectivity index (χ1v) is 43.5. The van der Waals surface area contributed by atoms with Gasteiger partial charge in [0.15, 0.2) is 0 Å². The summed E-state index contributed by atoms with van der Waals surface area (Å²) in [6.07, 6.45) is 6.22. The highest BCUT2D eigenvalue weighted by atomic mass is 15.1. The van der Waals surface area contributed by atoms with Crippen molar-refractivity contribution in [3.05, 3.63) is 361 Å². The highest BCUT2D eigenvalue weighted by Crippen LogP contribution is 2.27. The van der Waals surface area contributed by atoms with E-state index in [2.05, 4.69) is 89.2 Å². The molecule has 138 heavy (non-hydrogen) atoms. The second kappa shape index (κ2) is 63.3. The summed E-state index contributed by atoms with van der Waals surface area (Å²) in [5.74, 6) is 33.1. The van der Waals surface area contributed by atoms with E-state index >= 15 is 0 Å². The van der Waals surface area contributed by atoms with Gasteiger partial charge in [0, 0.05) is 150 Å². The van der Waals surface area contributed by atoms with Crippen LogP contribution in [0.3, 0.4) is 0 Å². The molecule has 0 saturated carbocycles. The van der Waals surface area contributed by atoms with E-state index in [1.165, 1.54) is 38.4 Å². The molecular formula is C132H174N6. The third-order valence-electron chi connectivity index (χ3n) is 17.6. The van der Waals surface area contributed by atoms with Gasteiger partial charge in [0.05, 0.1) is 8.22 Å². The Bertz CT molecular complexity index is 7980. The lowest BCUT2D eigenvalue weighted by molar-refractivity contribution is 0.365. The molecule has 6 nitrogen and oxygen atoms in total. The zero-order valence-electron chi connectivity index (χ0n) is 115. The Morgan fingerprint density at radius 1 is 0.232 bits per heavy atom. The lowest BCUT2D eigenvalue weighted by atomic mass is 9.98. The molecule has 0 saturated heterocycles. The second-order valence-corrected chi connectivity index (χ2v) is 36.6. The lowest BCUT2D eigenvalue weighted by Gasteiger charge is -2.15. The van der Waals surface area contributed by atoms with Crippen molar-refractivity contribution >= 4 is 64.6 Å². The quantitative estimate of drug-likeness (QED) is 0.0558. The molecule has 0 unspecified atom stereocenters. The molecule has 0 N–H and O–H groups in total. The predicted octanol–water partition coefficient (Wildman–Crippen LogP) is 33.1. The van der Waals surface area contributed by atoms with Crippen LogP contribution in [0.5, 0.6) is 0 Å². The van der Waals surface area contributed by atoms with E-state index in [0.29, 0.717) is 44.8 Å². The van der Waals surface area contributed by atoms with Gasteiger partial charge in [-0.1, -0.05) is 407 Å². The normalized spacial score (nSPS) is 16.8. The fourth-order valence-electron chi connectivity index (χ4n) is 11.7. The van der Waals surface area contributed by atoms with Gasteiger partial charge in [-0.25, -0.2) is 0 Å². The van der Waals surface area contributed by atoms with Gasteiger partial charge < -0.3 is 0 Å². The molecule has 0 aromatic heterocycles. The van der Waals surface area contributed by atoms with E-state index < -0.39 is 103 Å². The molecule has 0 bridgehead atoms. The Morgan fingerprint density at radius 3 is 0.688 bits per heavy atom. The number of hydrogen-bond donors (Lipinski definition) is 0. The molecule has 0 fully saturated rings. The summed E-state index contributed by atoms with van der Waals surface area (Å²) in [5.41, 5.74) is 0.649. The molecule has 12 aromatic carbocycles. The molecule has 0 heterocycles. The van der Waals surface area contributed by atoms with E-state index in [9.17, 15) is 0 Å². The summed E-state index contributed by atoms with van der Waals surface area (Å²) in [5, 5.41) is 9.67. The summed E-state index contributed by atoms with van der Waals surface area (Å²) < 4.78 is 287. The van der Waals surface area contributed by atoms with Crippen LogP contribution in [0.2, 0.25) is 0 Å². The Hall–Kier alpha value is -12.2. The van der Waals surface area contributed by atoms with E-state index in [1.807, 2.05) is 246 Å². The van der Waals surface area contributed by atoms with Crippen LogP contribution in [0.1, 0.15) is 251 Å². The van der Waals surface area contributed by atoms with Crippen LogP contribution in [-0.2, 0) is 39.1 Å². The Labute approximate surface area is 892 Å². The summed E-state index contributed by atoms with van der Waals surface area (Å²) in [4.78, 5) is 4.64. The van der Waals surface area contributed by atoms with Gasteiger partial charge in [-0.2, -0.15) is 0 Å². The summed E-state index contributed by atoms with van der Waals surface area (Å²) in [7, 11) is 4.45. The van der Waals surface area contributed by atoms with Crippen molar-refractivity contribution in [3.8, 4) is 71.0 Å². The van der Waals surface area contributed by atoms with Crippen molar-refractivity contribution in [2.24, 2.45) is 32.5 Å². The molecule has 12 rings (SSSR count). The van der Waals surface area contributed by atoms with Gasteiger partial charge in [0.1, 0.15) is 0 Å². The molecule has 0 aliphatic heterocycles. The topological polar surface area (TPSA) is 19.4 Å². The molecule has 0 atom stereocenters. The van der Waals surface area contributed by atoms with Crippen molar-refractivity contribution < 1.29 is 48.0 Å². The minimum atomic E-state index is -3.17. The summed E-state index contributed by atoms with van der Waals surface area (Å²) >= 11 is 0. The fraction of sp³-hybridized carbons (Fsp3) is 0.364. The number of nitrogens with zero attached hydrogens (tertiary/aromatic N) is 6. The molecule has 6 heteroatoms. The van der Waals surface area contributed by atoms with E-state index in [1.54, 1.807) is 115 Å². The molecule has 732 valence electrons. The maximum atomic E-state index is 8.63. The first-order valence-electron chi connectivity index (χ1n) is 61.0. The maximum Gasteiger partial charge on any atom is 0.0717 e. The first-order chi connectivity index (χ1) is 76.2. The van der Waals surface area contributed by atoms with Gasteiger partial charge in [-0.15, -0.1) is 0 Å². The van der Waals surface area contributed by atoms with Crippen LogP contribution in [0, 0.1) is 104 Å². The zero-order chi connectivity index (χ0) is 127. The Balaban J connectivity index is 0.00000103. The number of rotatable bonds is 24. The van der Waals surface area contributed by atoms with E-state index in [-0.39, 0.29) is 123 Å². The van der Waals surface area contributed by atoms with Crippen LogP contribution in [-0.4, -0.2) is 110 Å². The second-order valence-electron chi connectivity index (χ2n) is 36.6. The summed E-state index contributed by atoms with van der Waals surface area (Å²) in [6.45, 7) is 1.40. The van der Waals surface area contributed by atoms with Gasteiger partial charge in [-0.3, -0.25) is 29.4 Å². The summed E-state index contributed by atoms with van der Waals surface area (Å²) in [6, 6.07) is 74.2. The largest absolute Gasteiger partial charge is 0.298 e. The van der Waals surface area contributed by atoms with Crippen LogP contribution in [0.25, 0.3) is 64.6 Å². The highest BCUT2D eigenvalue weighted by Gasteiger charge is 2.13. The smallest absolute Gasteiger partial charge is 0.0717 e. The average Bonchev–Trinajstić information content (AvgIpc) is 0.738. The first kappa shape index (κ1) is 75.7. The van der Waals surface area contributed by atoms with Gasteiger partial charge in [-0.05, 0) is 301 Å². The minimum Gasteiger partial charge on any atom is -0.298 e. The van der Waals surface area contributed by atoms with Crippen molar-refractivity contribution in [2.75, 3.05) is 81.1 Å². The third kappa shape index (κ3) is 50.7. The molecule has 0 spiro atoms. The van der Waals surface area contributed by atoms with Crippen molar-refractivity contribution in [1.29, 1.82) is 0 Å². The van der Waals surface area contributed by atoms with Gasteiger partial charge >= 0.3 is 0 Å². The maximum absolute atomic E-state index is 8.63.